The molecule has 0 aromatic rings. The van der Waals surface area contributed by atoms with Crippen LogP contribution >= 0.6 is 22.6 Å². The topological polar surface area (TPSA) is 20.2 Å². The first-order chi connectivity index (χ1) is 8.63. The van der Waals surface area contributed by atoms with Crippen LogP contribution in [0, 0.1) is 11.8 Å². The number of unbranched alkanes of at least 4 members (excludes halogenated alkanes) is 1. The van der Waals surface area contributed by atoms with E-state index < -0.39 is 0 Å². The number of allylic oxidation sites excluding steroid dienone is 4. The highest BCUT2D eigenvalue weighted by Crippen LogP contribution is 2.35. The molecule has 1 N–H and O–H groups in total. The van der Waals surface area contributed by atoms with Gasteiger partial charge in [0, 0.05) is 0 Å². The molecule has 1 aliphatic rings. The van der Waals surface area contributed by atoms with Gasteiger partial charge in [0.15, 0.2) is 0 Å². The lowest BCUT2D eigenvalue weighted by molar-refractivity contribution is 0.179. The summed E-state index contributed by atoms with van der Waals surface area (Å²) < 4.78 is 1.54. The Hall–Kier alpha value is 0.170. The minimum Gasteiger partial charge on any atom is -0.393 e. The summed E-state index contributed by atoms with van der Waals surface area (Å²) in [4.78, 5) is 0. The predicted octanol–water partition coefficient (Wildman–Crippen LogP) is 5.24. The summed E-state index contributed by atoms with van der Waals surface area (Å²) in [5.74, 6) is 1.58. The van der Waals surface area contributed by atoms with Crippen molar-refractivity contribution in [3.05, 3.63) is 21.8 Å². The van der Waals surface area contributed by atoms with Crippen LogP contribution in [0.2, 0.25) is 0 Å². The Balaban J connectivity index is 2.35. The van der Waals surface area contributed by atoms with Crippen LogP contribution in [-0.2, 0) is 0 Å². The Morgan fingerprint density at radius 3 is 2.72 bits per heavy atom. The molecule has 1 rings (SSSR count). The smallest absolute Gasteiger partial charge is 0.0512 e. The van der Waals surface area contributed by atoms with E-state index >= 15 is 0 Å². The molecule has 1 aliphatic carbocycles. The van der Waals surface area contributed by atoms with E-state index in [-0.39, 0.29) is 6.10 Å². The molecule has 0 saturated heterocycles. The first kappa shape index (κ1) is 16.2. The number of hydrogen-bond acceptors (Lipinski definition) is 1. The first-order valence-corrected chi connectivity index (χ1v) is 8.36. The Kier molecular flexibility index (Phi) is 8.23. The van der Waals surface area contributed by atoms with Crippen molar-refractivity contribution in [3.63, 3.8) is 0 Å². The van der Waals surface area contributed by atoms with Gasteiger partial charge in [0.05, 0.1) is 6.10 Å². The molecule has 0 saturated carbocycles. The molecule has 0 aromatic carbocycles. The molecule has 104 valence electrons. The Morgan fingerprint density at radius 2 is 2.17 bits per heavy atom. The highest BCUT2D eigenvalue weighted by molar-refractivity contribution is 14.1. The van der Waals surface area contributed by atoms with Crippen molar-refractivity contribution in [1.29, 1.82) is 0 Å². The van der Waals surface area contributed by atoms with E-state index in [9.17, 15) is 5.11 Å². The molecule has 0 heterocycles. The average molecular weight is 362 g/mol. The minimum absolute atomic E-state index is 0.135. The van der Waals surface area contributed by atoms with Crippen LogP contribution in [0.3, 0.4) is 0 Å². The molecule has 0 aromatic heterocycles. The van der Waals surface area contributed by atoms with Gasteiger partial charge in [-0.25, -0.2) is 0 Å². The summed E-state index contributed by atoms with van der Waals surface area (Å²) in [7, 11) is 0. The van der Waals surface area contributed by atoms with Crippen LogP contribution in [-0.4, -0.2) is 11.2 Å². The van der Waals surface area contributed by atoms with Crippen LogP contribution < -0.4 is 0 Å². The molecule has 0 fully saturated rings. The maximum atomic E-state index is 9.28. The lowest BCUT2D eigenvalue weighted by atomic mass is 9.80. The van der Waals surface area contributed by atoms with E-state index in [2.05, 4.69) is 47.7 Å². The van der Waals surface area contributed by atoms with Gasteiger partial charge in [0.1, 0.15) is 0 Å². The van der Waals surface area contributed by atoms with E-state index in [0.29, 0.717) is 0 Å². The zero-order chi connectivity index (χ0) is 13.4. The van der Waals surface area contributed by atoms with E-state index in [1.807, 2.05) is 6.92 Å². The molecule has 2 unspecified atom stereocenters. The molecule has 2 heteroatoms. The standard InChI is InChI=1S/C16H27IO/c1-3-6-14(8-5-4-7-13(2)18)15-9-11-16(17)12-10-15/h3,6,11,13-15,18H,4-5,7-10,12H2,1-2H3/b6-3-/t13?,14?,15-/m1/s1. The second-order valence-electron chi connectivity index (χ2n) is 5.51. The number of halogens is 1. The van der Waals surface area contributed by atoms with Gasteiger partial charge in [0.25, 0.3) is 0 Å². The molecule has 0 aliphatic heterocycles. The Morgan fingerprint density at radius 1 is 1.44 bits per heavy atom. The lowest BCUT2D eigenvalue weighted by Crippen LogP contribution is -2.15. The molecule has 1 nitrogen and oxygen atoms in total. The van der Waals surface area contributed by atoms with Crippen LogP contribution in [0.25, 0.3) is 0 Å². The van der Waals surface area contributed by atoms with Crippen molar-refractivity contribution >= 4 is 22.6 Å². The number of rotatable bonds is 7. The zero-order valence-electron chi connectivity index (χ0n) is 11.7. The molecule has 0 amide bonds. The summed E-state index contributed by atoms with van der Waals surface area (Å²) in [6.45, 7) is 4.02. The summed E-state index contributed by atoms with van der Waals surface area (Å²) in [6, 6.07) is 0. The second-order valence-corrected chi connectivity index (χ2v) is 6.89. The summed E-state index contributed by atoms with van der Waals surface area (Å²) >= 11 is 2.47. The van der Waals surface area contributed by atoms with Gasteiger partial charge >= 0.3 is 0 Å². The van der Waals surface area contributed by atoms with Gasteiger partial charge in [-0.3, -0.25) is 0 Å². The van der Waals surface area contributed by atoms with Gasteiger partial charge in [-0.2, -0.15) is 0 Å². The maximum Gasteiger partial charge on any atom is 0.0512 e. The highest BCUT2D eigenvalue weighted by atomic mass is 127. The molecular weight excluding hydrogens is 335 g/mol. The van der Waals surface area contributed by atoms with Crippen LogP contribution in [0.15, 0.2) is 21.8 Å². The summed E-state index contributed by atoms with van der Waals surface area (Å²) in [6.07, 6.45) is 15.4. The van der Waals surface area contributed by atoms with Crippen molar-refractivity contribution in [2.45, 2.75) is 64.9 Å². The summed E-state index contributed by atoms with van der Waals surface area (Å²) in [5, 5.41) is 9.28. The van der Waals surface area contributed by atoms with E-state index in [1.54, 1.807) is 0 Å². The molecule has 0 bridgehead atoms. The van der Waals surface area contributed by atoms with Crippen molar-refractivity contribution in [2.24, 2.45) is 11.8 Å². The van der Waals surface area contributed by atoms with Crippen molar-refractivity contribution in [2.75, 3.05) is 0 Å². The van der Waals surface area contributed by atoms with Crippen LogP contribution in [0.1, 0.15) is 58.8 Å². The zero-order valence-corrected chi connectivity index (χ0v) is 13.9. The van der Waals surface area contributed by atoms with Gasteiger partial charge in [0.2, 0.25) is 0 Å². The van der Waals surface area contributed by atoms with Gasteiger partial charge in [-0.1, -0.05) is 31.1 Å². The molecule has 0 radical (unpaired) electrons. The van der Waals surface area contributed by atoms with Gasteiger partial charge < -0.3 is 5.11 Å². The van der Waals surface area contributed by atoms with E-state index in [4.69, 9.17) is 0 Å². The Bertz CT molecular complexity index is 281. The first-order valence-electron chi connectivity index (χ1n) is 7.29. The van der Waals surface area contributed by atoms with Crippen LogP contribution in [0.4, 0.5) is 0 Å². The van der Waals surface area contributed by atoms with Crippen LogP contribution in [0.5, 0.6) is 0 Å². The normalized spacial score (nSPS) is 24.0. The third-order valence-electron chi connectivity index (χ3n) is 3.85. The number of aliphatic hydroxyl groups is 1. The van der Waals surface area contributed by atoms with Gasteiger partial charge in [-0.05, 0) is 84.0 Å². The minimum atomic E-state index is -0.135. The SMILES string of the molecule is C/C=C\C(CCCCC(C)O)[C@@H]1CC=C(I)CC1. The third kappa shape index (κ3) is 6.37. The lowest BCUT2D eigenvalue weighted by Gasteiger charge is -2.27. The highest BCUT2D eigenvalue weighted by Gasteiger charge is 2.20. The fourth-order valence-electron chi connectivity index (χ4n) is 2.77. The monoisotopic (exact) mass is 362 g/mol. The molecule has 3 atom stereocenters. The second kappa shape index (κ2) is 9.13. The number of hydrogen-bond donors (Lipinski definition) is 1. The van der Waals surface area contributed by atoms with E-state index in [0.717, 1.165) is 24.7 Å². The molecule has 0 spiro atoms. The molecule has 18 heavy (non-hydrogen) atoms. The fourth-order valence-corrected chi connectivity index (χ4v) is 3.33. The van der Waals surface area contributed by atoms with Gasteiger partial charge in [-0.15, -0.1) is 0 Å². The van der Waals surface area contributed by atoms with Crippen molar-refractivity contribution in [3.8, 4) is 0 Å². The quantitative estimate of drug-likeness (QED) is 0.373. The summed E-state index contributed by atoms with van der Waals surface area (Å²) in [5.41, 5.74) is 0. The van der Waals surface area contributed by atoms with E-state index in [1.165, 1.54) is 35.7 Å². The largest absolute Gasteiger partial charge is 0.393 e. The molecular formula is C16H27IO. The maximum absolute atomic E-state index is 9.28. The fraction of sp³-hybridized carbons (Fsp3) is 0.750. The average Bonchev–Trinajstić information content (AvgIpc) is 2.34. The third-order valence-corrected chi connectivity index (χ3v) is 4.83. The number of aliphatic hydroxyl groups excluding tert-OH is 1. The predicted molar refractivity (Wildman–Crippen MR) is 87.9 cm³/mol. The Labute approximate surface area is 126 Å². The van der Waals surface area contributed by atoms with Crippen molar-refractivity contribution < 1.29 is 5.11 Å². The van der Waals surface area contributed by atoms with Crippen molar-refractivity contribution in [1.82, 2.24) is 0 Å².